The number of aromatic nitrogens is 2. The Kier molecular flexibility index (Phi) is 6.45. The van der Waals surface area contributed by atoms with Crippen LogP contribution in [0.5, 0.6) is 0 Å². The van der Waals surface area contributed by atoms with Crippen LogP contribution in [0.2, 0.25) is 0 Å². The number of thioether (sulfide) groups is 1. The molecule has 6 nitrogen and oxygen atoms in total. The average Bonchev–Trinajstić information content (AvgIpc) is 2.68. The molecule has 0 radical (unpaired) electrons. The number of hydrogen-bond acceptors (Lipinski definition) is 5. The highest BCUT2D eigenvalue weighted by atomic mass is 32.2. The summed E-state index contributed by atoms with van der Waals surface area (Å²) in [5.41, 5.74) is 3.53. The smallest absolute Gasteiger partial charge is 0.266 e. The molecule has 3 aromatic rings. The number of nitrogens with zero attached hydrogens (tertiary/aromatic N) is 3. The van der Waals surface area contributed by atoms with E-state index in [1.165, 1.54) is 30.2 Å². The molecular weight excluding hydrogens is 406 g/mol. The number of fused-ring (bicyclic) bond motifs is 1. The van der Waals surface area contributed by atoms with Crippen LogP contribution in [0.3, 0.4) is 0 Å². The van der Waals surface area contributed by atoms with Gasteiger partial charge in [0.2, 0.25) is 10.0 Å². The number of sulfonamides is 1. The van der Waals surface area contributed by atoms with Crippen LogP contribution >= 0.6 is 11.8 Å². The van der Waals surface area contributed by atoms with Crippen LogP contribution in [-0.2, 0) is 10.0 Å². The highest BCUT2D eigenvalue weighted by Crippen LogP contribution is 2.23. The summed E-state index contributed by atoms with van der Waals surface area (Å²) in [6.07, 6.45) is 0.473. The summed E-state index contributed by atoms with van der Waals surface area (Å²) in [6, 6.07) is 13.2. The van der Waals surface area contributed by atoms with Gasteiger partial charge in [-0.25, -0.2) is 17.7 Å². The van der Waals surface area contributed by atoms with Gasteiger partial charge in [0.05, 0.1) is 22.3 Å². The second-order valence-corrected chi connectivity index (χ2v) is 10.5. The molecule has 0 saturated carbocycles. The van der Waals surface area contributed by atoms with Gasteiger partial charge in [0.15, 0.2) is 5.16 Å². The fourth-order valence-electron chi connectivity index (χ4n) is 2.89. The van der Waals surface area contributed by atoms with Crippen molar-refractivity contribution in [2.24, 2.45) is 0 Å². The molecule has 1 heterocycles. The minimum absolute atomic E-state index is 0.0639. The van der Waals surface area contributed by atoms with Gasteiger partial charge in [0.25, 0.3) is 5.56 Å². The Hall–Kier alpha value is -2.16. The number of rotatable bonds is 7. The summed E-state index contributed by atoms with van der Waals surface area (Å²) in [4.78, 5) is 17.9. The van der Waals surface area contributed by atoms with E-state index in [9.17, 15) is 13.2 Å². The Morgan fingerprint density at radius 3 is 2.48 bits per heavy atom. The van der Waals surface area contributed by atoms with Crippen LogP contribution in [0.1, 0.15) is 17.5 Å². The fourth-order valence-corrected chi connectivity index (χ4v) is 4.90. The molecule has 1 aromatic heterocycles. The average molecular weight is 432 g/mol. The molecule has 0 N–H and O–H groups in total. The molecule has 8 heteroatoms. The standard InChI is InChI=1S/C21H25N3O3S2/c1-15-10-11-17(14-16(15)2)24-20(25)18-8-5-6-9-19(18)22-21(24)28-12-7-13-29(26,27)23(3)4/h5-6,8-11,14H,7,12-13H2,1-4H3. The van der Waals surface area contributed by atoms with Gasteiger partial charge >= 0.3 is 0 Å². The van der Waals surface area contributed by atoms with Crippen LogP contribution in [0, 0.1) is 13.8 Å². The normalized spacial score (nSPS) is 12.0. The molecule has 2 aromatic carbocycles. The van der Waals surface area contributed by atoms with Crippen molar-refractivity contribution < 1.29 is 8.42 Å². The molecule has 0 unspecified atom stereocenters. The van der Waals surface area contributed by atoms with Gasteiger partial charge in [-0.3, -0.25) is 9.36 Å². The van der Waals surface area contributed by atoms with Gasteiger partial charge in [-0.2, -0.15) is 0 Å². The lowest BCUT2D eigenvalue weighted by atomic mass is 10.1. The second kappa shape index (κ2) is 8.69. The van der Waals surface area contributed by atoms with Crippen molar-refractivity contribution in [2.75, 3.05) is 25.6 Å². The SMILES string of the molecule is Cc1ccc(-n2c(SCCCS(=O)(=O)N(C)C)nc3ccccc3c2=O)cc1C. The maximum absolute atomic E-state index is 13.2. The third-order valence-electron chi connectivity index (χ3n) is 4.83. The van der Waals surface area contributed by atoms with Crippen LogP contribution in [0.4, 0.5) is 0 Å². The van der Waals surface area contributed by atoms with Crippen molar-refractivity contribution in [2.45, 2.75) is 25.4 Å². The fraction of sp³-hybridized carbons (Fsp3) is 0.333. The van der Waals surface area contributed by atoms with E-state index in [4.69, 9.17) is 4.98 Å². The summed E-state index contributed by atoms with van der Waals surface area (Å²) >= 11 is 1.40. The zero-order valence-electron chi connectivity index (χ0n) is 17.0. The Bertz CT molecular complexity index is 1200. The molecule has 0 saturated heterocycles. The first-order valence-corrected chi connectivity index (χ1v) is 11.9. The van der Waals surface area contributed by atoms with E-state index in [2.05, 4.69) is 0 Å². The predicted octanol–water partition coefficient (Wildman–Crippen LogP) is 3.38. The van der Waals surface area contributed by atoms with Gasteiger partial charge in [-0.1, -0.05) is 30.0 Å². The first kappa shape index (κ1) is 21.5. The lowest BCUT2D eigenvalue weighted by Crippen LogP contribution is -2.25. The molecule has 0 amide bonds. The van der Waals surface area contributed by atoms with E-state index in [-0.39, 0.29) is 11.3 Å². The van der Waals surface area contributed by atoms with Crippen molar-refractivity contribution in [1.29, 1.82) is 0 Å². The Balaban J connectivity index is 1.99. The minimum atomic E-state index is -3.24. The predicted molar refractivity (Wildman–Crippen MR) is 120 cm³/mol. The zero-order chi connectivity index (χ0) is 21.2. The number of hydrogen-bond donors (Lipinski definition) is 0. The molecular formula is C21H25N3O3S2. The summed E-state index contributed by atoms with van der Waals surface area (Å²) in [6.45, 7) is 4.04. The van der Waals surface area contributed by atoms with Crippen molar-refractivity contribution in [3.63, 3.8) is 0 Å². The van der Waals surface area contributed by atoms with E-state index < -0.39 is 10.0 Å². The molecule has 0 spiro atoms. The molecule has 0 atom stereocenters. The van der Waals surface area contributed by atoms with Gasteiger partial charge in [-0.15, -0.1) is 0 Å². The summed E-state index contributed by atoms with van der Waals surface area (Å²) in [5, 5.41) is 1.13. The summed E-state index contributed by atoms with van der Waals surface area (Å²) in [5.74, 6) is 0.608. The first-order chi connectivity index (χ1) is 13.7. The molecule has 0 aliphatic rings. The van der Waals surface area contributed by atoms with Crippen molar-refractivity contribution >= 4 is 32.7 Å². The summed E-state index contributed by atoms with van der Waals surface area (Å²) in [7, 11) is -0.172. The number of benzene rings is 2. The quantitative estimate of drug-likeness (QED) is 0.326. The van der Waals surface area contributed by atoms with Crippen LogP contribution in [0.15, 0.2) is 52.4 Å². The maximum Gasteiger partial charge on any atom is 0.266 e. The highest BCUT2D eigenvalue weighted by Gasteiger charge is 2.16. The molecule has 0 bridgehead atoms. The van der Waals surface area contributed by atoms with E-state index in [1.54, 1.807) is 10.6 Å². The molecule has 154 valence electrons. The maximum atomic E-state index is 13.2. The van der Waals surface area contributed by atoms with Crippen molar-refractivity contribution in [3.05, 3.63) is 63.9 Å². The molecule has 0 fully saturated rings. The lowest BCUT2D eigenvalue weighted by molar-refractivity contribution is 0.520. The second-order valence-electron chi connectivity index (χ2n) is 7.12. The van der Waals surface area contributed by atoms with Gasteiger partial charge in [0.1, 0.15) is 0 Å². The van der Waals surface area contributed by atoms with E-state index in [0.29, 0.717) is 28.2 Å². The summed E-state index contributed by atoms with van der Waals surface area (Å²) < 4.78 is 26.8. The zero-order valence-corrected chi connectivity index (χ0v) is 18.7. The highest BCUT2D eigenvalue weighted by molar-refractivity contribution is 7.99. The molecule has 0 aliphatic heterocycles. The topological polar surface area (TPSA) is 72.3 Å². The third kappa shape index (κ3) is 4.71. The number of para-hydroxylation sites is 1. The van der Waals surface area contributed by atoms with Crippen LogP contribution < -0.4 is 5.56 Å². The van der Waals surface area contributed by atoms with Crippen LogP contribution in [-0.4, -0.2) is 47.9 Å². The minimum Gasteiger partial charge on any atom is -0.268 e. The third-order valence-corrected chi connectivity index (χ3v) is 7.77. The largest absolute Gasteiger partial charge is 0.268 e. The molecule has 3 rings (SSSR count). The number of aryl methyl sites for hydroxylation is 2. The van der Waals surface area contributed by atoms with E-state index in [0.717, 1.165) is 16.8 Å². The lowest BCUT2D eigenvalue weighted by Gasteiger charge is -2.15. The monoisotopic (exact) mass is 431 g/mol. The van der Waals surface area contributed by atoms with Crippen molar-refractivity contribution in [1.82, 2.24) is 13.9 Å². The van der Waals surface area contributed by atoms with Crippen LogP contribution in [0.25, 0.3) is 16.6 Å². The van der Waals surface area contributed by atoms with Crippen molar-refractivity contribution in [3.8, 4) is 5.69 Å². The first-order valence-electron chi connectivity index (χ1n) is 9.33. The molecule has 0 aliphatic carbocycles. The van der Waals surface area contributed by atoms with Gasteiger partial charge in [0, 0.05) is 19.8 Å². The molecule has 29 heavy (non-hydrogen) atoms. The van der Waals surface area contributed by atoms with E-state index in [1.807, 2.05) is 50.2 Å². The Labute approximate surface area is 175 Å². The van der Waals surface area contributed by atoms with Gasteiger partial charge in [-0.05, 0) is 55.7 Å². The van der Waals surface area contributed by atoms with E-state index >= 15 is 0 Å². The van der Waals surface area contributed by atoms with Gasteiger partial charge < -0.3 is 0 Å². The Morgan fingerprint density at radius 2 is 1.79 bits per heavy atom. The Morgan fingerprint density at radius 1 is 1.07 bits per heavy atom.